The monoisotopic (exact) mass is 685 g/mol. The largest absolute Gasteiger partial charge is 0.497 e. The van der Waals surface area contributed by atoms with Gasteiger partial charge in [0.25, 0.3) is 10.0 Å². The minimum Gasteiger partial charge on any atom is -0.497 e. The molecule has 0 heterocycles. The zero-order valence-corrected chi connectivity index (χ0v) is 28.0. The number of carbonyl (C=O) groups is 2. The fourth-order valence-electron chi connectivity index (χ4n) is 5.43. The molecule has 1 atom stereocenters. The van der Waals surface area contributed by atoms with Gasteiger partial charge in [-0.3, -0.25) is 13.9 Å². The summed E-state index contributed by atoms with van der Waals surface area (Å²) in [4.78, 5) is 29.4. The van der Waals surface area contributed by atoms with Crippen molar-refractivity contribution in [2.24, 2.45) is 0 Å². The number of ether oxygens (including phenoxy) is 2. The minimum atomic E-state index is -4.22. The number of methoxy groups -OCH3 is 2. The smallest absolute Gasteiger partial charge is 0.264 e. The second kappa shape index (κ2) is 14.9. The van der Waals surface area contributed by atoms with Gasteiger partial charge in [0.1, 0.15) is 24.1 Å². The summed E-state index contributed by atoms with van der Waals surface area (Å²) in [5.41, 5.74) is 2.04. The number of hydrogen-bond acceptors (Lipinski definition) is 6. The number of halogens is 1. The van der Waals surface area contributed by atoms with Crippen molar-refractivity contribution >= 4 is 43.5 Å². The molecule has 0 aliphatic heterocycles. The lowest BCUT2D eigenvalue weighted by atomic mass is 10.1. The molecule has 3 aromatic carbocycles. The molecule has 4 rings (SSSR count). The Balaban J connectivity index is 1.73. The molecule has 9 nitrogen and oxygen atoms in total. The van der Waals surface area contributed by atoms with Gasteiger partial charge in [0.05, 0.1) is 29.3 Å². The summed E-state index contributed by atoms with van der Waals surface area (Å²) in [5, 5.41) is 3.13. The maximum absolute atomic E-state index is 14.3. The number of amides is 2. The van der Waals surface area contributed by atoms with Crippen molar-refractivity contribution in [3.8, 4) is 11.5 Å². The van der Waals surface area contributed by atoms with Crippen LogP contribution in [0.3, 0.4) is 0 Å². The summed E-state index contributed by atoms with van der Waals surface area (Å²) >= 11 is 3.38. The molecule has 0 radical (unpaired) electrons. The average molecular weight is 687 g/mol. The molecule has 1 saturated carbocycles. The van der Waals surface area contributed by atoms with E-state index in [1.54, 1.807) is 43.5 Å². The number of nitrogens with one attached hydrogen (secondary N) is 1. The van der Waals surface area contributed by atoms with Crippen LogP contribution in [-0.2, 0) is 26.2 Å². The molecular formula is C33H40BrN3O6S. The van der Waals surface area contributed by atoms with Crippen LogP contribution in [0, 0.1) is 6.92 Å². The van der Waals surface area contributed by atoms with E-state index in [0.717, 1.165) is 41.1 Å². The molecule has 1 fully saturated rings. The molecule has 1 aliphatic carbocycles. The maximum Gasteiger partial charge on any atom is 0.264 e. The van der Waals surface area contributed by atoms with Crippen molar-refractivity contribution in [2.45, 2.75) is 69.5 Å². The van der Waals surface area contributed by atoms with E-state index in [1.165, 1.54) is 24.1 Å². The number of benzene rings is 3. The van der Waals surface area contributed by atoms with E-state index in [1.807, 2.05) is 32.0 Å². The normalized spacial score (nSPS) is 14.1. The van der Waals surface area contributed by atoms with Crippen LogP contribution in [0.25, 0.3) is 0 Å². The van der Waals surface area contributed by atoms with Gasteiger partial charge in [-0.15, -0.1) is 0 Å². The Hall–Kier alpha value is -3.57. The lowest BCUT2D eigenvalue weighted by Gasteiger charge is -2.34. The quantitative estimate of drug-likeness (QED) is 0.243. The minimum absolute atomic E-state index is 0.0103. The van der Waals surface area contributed by atoms with Crippen LogP contribution >= 0.6 is 15.9 Å². The fourth-order valence-corrected chi connectivity index (χ4v) is 7.56. The second-order valence-corrected chi connectivity index (χ2v) is 13.6. The zero-order chi connectivity index (χ0) is 31.9. The topological polar surface area (TPSA) is 105 Å². The van der Waals surface area contributed by atoms with Gasteiger partial charge in [-0.05, 0) is 90.1 Å². The SMILES string of the molecule is CCC(C(=O)NC1CCCC1)N(Cc1cccc(OC)c1)C(=O)CN(c1ccc(C)cc1)S(=O)(=O)c1ccc(OC)c(Br)c1. The summed E-state index contributed by atoms with van der Waals surface area (Å²) in [5.74, 6) is 0.357. The number of hydrogen-bond donors (Lipinski definition) is 1. The number of aryl methyl sites for hydroxylation is 1. The lowest BCUT2D eigenvalue weighted by Crippen LogP contribution is -2.53. The molecular weight excluding hydrogens is 646 g/mol. The first-order valence-corrected chi connectivity index (χ1v) is 17.0. The van der Waals surface area contributed by atoms with Crippen LogP contribution in [0.1, 0.15) is 50.2 Å². The molecule has 44 heavy (non-hydrogen) atoms. The Labute approximate surface area is 268 Å². The van der Waals surface area contributed by atoms with E-state index in [2.05, 4.69) is 21.2 Å². The average Bonchev–Trinajstić information content (AvgIpc) is 3.53. The van der Waals surface area contributed by atoms with Crippen molar-refractivity contribution in [1.82, 2.24) is 10.2 Å². The van der Waals surface area contributed by atoms with E-state index in [4.69, 9.17) is 9.47 Å². The summed E-state index contributed by atoms with van der Waals surface area (Å²) in [6.45, 7) is 3.35. The first-order valence-electron chi connectivity index (χ1n) is 14.7. The van der Waals surface area contributed by atoms with Crippen LogP contribution in [0.4, 0.5) is 5.69 Å². The molecule has 1 unspecified atom stereocenters. The predicted octanol–water partition coefficient (Wildman–Crippen LogP) is 5.84. The van der Waals surface area contributed by atoms with E-state index in [0.29, 0.717) is 28.1 Å². The van der Waals surface area contributed by atoms with Gasteiger partial charge in [-0.25, -0.2) is 8.42 Å². The number of nitrogens with zero attached hydrogens (tertiary/aromatic N) is 2. The van der Waals surface area contributed by atoms with Crippen molar-refractivity contribution in [1.29, 1.82) is 0 Å². The van der Waals surface area contributed by atoms with Gasteiger partial charge >= 0.3 is 0 Å². The molecule has 1 aliphatic rings. The van der Waals surface area contributed by atoms with Gasteiger partial charge < -0.3 is 19.7 Å². The Morgan fingerprint density at radius 2 is 1.70 bits per heavy atom. The fraction of sp³-hybridized carbons (Fsp3) is 0.394. The summed E-state index contributed by atoms with van der Waals surface area (Å²) < 4.78 is 40.6. The Bertz CT molecular complexity index is 1560. The number of sulfonamides is 1. The zero-order valence-electron chi connectivity index (χ0n) is 25.6. The third kappa shape index (κ3) is 7.92. The second-order valence-electron chi connectivity index (χ2n) is 10.9. The highest BCUT2D eigenvalue weighted by molar-refractivity contribution is 9.10. The summed E-state index contributed by atoms with van der Waals surface area (Å²) in [6.07, 6.45) is 4.28. The first-order chi connectivity index (χ1) is 21.1. The van der Waals surface area contributed by atoms with Gasteiger partial charge in [0.15, 0.2) is 0 Å². The van der Waals surface area contributed by atoms with Crippen molar-refractivity contribution < 1.29 is 27.5 Å². The third-order valence-electron chi connectivity index (χ3n) is 7.89. The molecule has 0 spiro atoms. The van der Waals surface area contributed by atoms with Gasteiger partial charge in [0.2, 0.25) is 11.8 Å². The van der Waals surface area contributed by atoms with Crippen molar-refractivity contribution in [2.75, 3.05) is 25.1 Å². The van der Waals surface area contributed by atoms with Gasteiger partial charge in [-0.2, -0.15) is 0 Å². The maximum atomic E-state index is 14.3. The summed E-state index contributed by atoms with van der Waals surface area (Å²) in [7, 11) is -1.16. The molecule has 11 heteroatoms. The molecule has 2 amide bonds. The highest BCUT2D eigenvalue weighted by atomic mass is 79.9. The molecule has 0 saturated heterocycles. The predicted molar refractivity (Wildman–Crippen MR) is 174 cm³/mol. The van der Waals surface area contributed by atoms with Crippen LogP contribution in [0.15, 0.2) is 76.1 Å². The third-order valence-corrected chi connectivity index (χ3v) is 10.3. The summed E-state index contributed by atoms with van der Waals surface area (Å²) in [6, 6.07) is 18.0. The van der Waals surface area contributed by atoms with Gasteiger partial charge in [-0.1, -0.05) is 49.6 Å². The van der Waals surface area contributed by atoms with E-state index in [-0.39, 0.29) is 23.4 Å². The molecule has 0 bridgehead atoms. The Morgan fingerprint density at radius 3 is 2.32 bits per heavy atom. The van der Waals surface area contributed by atoms with Crippen LogP contribution in [0.5, 0.6) is 11.5 Å². The standard InChI is InChI=1S/C33H40BrN3O6S/c1-5-30(33(39)35-25-10-6-7-11-25)36(21-24-9-8-12-27(19-24)42-3)32(38)22-37(26-15-13-23(2)14-16-26)44(40,41)28-17-18-31(43-4)29(34)20-28/h8-9,12-20,25,30H,5-7,10-11,21-22H2,1-4H3,(H,35,39). The van der Waals surface area contributed by atoms with Crippen LogP contribution in [0.2, 0.25) is 0 Å². The molecule has 0 aromatic heterocycles. The highest BCUT2D eigenvalue weighted by Gasteiger charge is 2.35. The number of rotatable bonds is 13. The number of anilines is 1. The van der Waals surface area contributed by atoms with E-state index in [9.17, 15) is 18.0 Å². The van der Waals surface area contributed by atoms with E-state index < -0.39 is 28.5 Å². The molecule has 1 N–H and O–H groups in total. The molecule has 236 valence electrons. The number of carbonyl (C=O) groups excluding carboxylic acids is 2. The Kier molecular flexibility index (Phi) is 11.3. The van der Waals surface area contributed by atoms with Crippen molar-refractivity contribution in [3.05, 3.63) is 82.3 Å². The van der Waals surface area contributed by atoms with E-state index >= 15 is 0 Å². The Morgan fingerprint density at radius 1 is 1.00 bits per heavy atom. The highest BCUT2D eigenvalue weighted by Crippen LogP contribution is 2.31. The van der Waals surface area contributed by atoms with Crippen LogP contribution in [-0.4, -0.2) is 58.0 Å². The van der Waals surface area contributed by atoms with Crippen LogP contribution < -0.4 is 19.1 Å². The van der Waals surface area contributed by atoms with Crippen molar-refractivity contribution in [3.63, 3.8) is 0 Å². The first kappa shape index (κ1) is 33.3. The molecule has 3 aromatic rings. The lowest BCUT2D eigenvalue weighted by molar-refractivity contribution is -0.140. The van der Waals surface area contributed by atoms with Gasteiger partial charge in [0, 0.05) is 12.6 Å².